The zero-order chi connectivity index (χ0) is 15.6. The van der Waals surface area contributed by atoms with Crippen molar-refractivity contribution in [2.75, 3.05) is 14.2 Å². The van der Waals surface area contributed by atoms with Crippen LogP contribution in [0.1, 0.15) is 16.0 Å². The fraction of sp³-hybridized carbons (Fsp3) is 0.200. The molecule has 0 aliphatic carbocycles. The first kappa shape index (κ1) is 16.2. The van der Waals surface area contributed by atoms with Gasteiger partial charge in [0.15, 0.2) is 0 Å². The molecule has 0 radical (unpaired) electrons. The van der Waals surface area contributed by atoms with E-state index in [1.807, 2.05) is 0 Å². The minimum Gasteiger partial charge on any atom is -0.496 e. The molecule has 0 fully saturated rings. The quantitative estimate of drug-likeness (QED) is 0.629. The molecule has 1 unspecified atom stereocenters. The van der Waals surface area contributed by atoms with Gasteiger partial charge in [-0.05, 0) is 34.1 Å². The smallest absolute Gasteiger partial charge is 0.133 e. The number of hydrogen-bond acceptors (Lipinski definition) is 2. The van der Waals surface area contributed by atoms with Crippen molar-refractivity contribution < 1.29 is 18.3 Å². The van der Waals surface area contributed by atoms with Gasteiger partial charge in [-0.15, -0.1) is 0 Å². The molecule has 21 heavy (non-hydrogen) atoms. The Hall–Kier alpha value is -1.14. The van der Waals surface area contributed by atoms with Gasteiger partial charge in [0.25, 0.3) is 0 Å². The summed E-state index contributed by atoms with van der Waals surface area (Å²) in [5, 5.41) is 0. The summed E-state index contributed by atoms with van der Waals surface area (Å²) in [7, 11) is 3.07. The first-order valence-corrected chi connectivity index (χ1v) is 7.69. The van der Waals surface area contributed by atoms with Gasteiger partial charge in [0.1, 0.15) is 23.1 Å². The molecule has 0 spiro atoms. The number of rotatable bonds is 4. The molecule has 112 valence electrons. The van der Waals surface area contributed by atoms with E-state index >= 15 is 0 Å². The number of ether oxygens (including phenoxy) is 2. The van der Waals surface area contributed by atoms with Crippen molar-refractivity contribution >= 4 is 31.9 Å². The third-order valence-corrected chi connectivity index (χ3v) is 4.62. The maximum atomic E-state index is 13.9. The summed E-state index contributed by atoms with van der Waals surface area (Å²) in [6.07, 6.45) is 0. The Morgan fingerprint density at radius 1 is 0.952 bits per heavy atom. The van der Waals surface area contributed by atoms with E-state index in [1.54, 1.807) is 12.1 Å². The highest BCUT2D eigenvalue weighted by Gasteiger charge is 2.21. The van der Waals surface area contributed by atoms with Crippen LogP contribution in [0.25, 0.3) is 0 Å². The summed E-state index contributed by atoms with van der Waals surface area (Å²) in [6.45, 7) is 0. The van der Waals surface area contributed by atoms with E-state index in [9.17, 15) is 8.78 Å². The standard InChI is InChI=1S/C15H12Br2F2O2/c1-20-13-7-11(16)14(21-2)6-10(13)15(17)9-4-3-8(18)5-12(9)19/h3-7,15H,1-2H3. The van der Waals surface area contributed by atoms with E-state index < -0.39 is 16.5 Å². The second-order valence-electron chi connectivity index (χ2n) is 4.26. The Labute approximate surface area is 138 Å². The molecule has 0 bridgehead atoms. The van der Waals surface area contributed by atoms with E-state index in [-0.39, 0.29) is 0 Å². The second kappa shape index (κ2) is 6.75. The molecule has 6 heteroatoms. The van der Waals surface area contributed by atoms with Crippen LogP contribution in [0.5, 0.6) is 11.5 Å². The molecule has 2 aromatic rings. The SMILES string of the molecule is COc1cc(C(Br)c2ccc(F)cc2F)c(OC)cc1Br. The van der Waals surface area contributed by atoms with Gasteiger partial charge in [0, 0.05) is 17.2 Å². The molecule has 2 nitrogen and oxygen atoms in total. The van der Waals surface area contributed by atoms with E-state index in [4.69, 9.17) is 9.47 Å². The van der Waals surface area contributed by atoms with Crippen LogP contribution in [0, 0.1) is 11.6 Å². The van der Waals surface area contributed by atoms with E-state index in [1.165, 1.54) is 26.4 Å². The summed E-state index contributed by atoms with van der Waals surface area (Å²) in [5.41, 5.74) is 1.00. The van der Waals surface area contributed by atoms with Crippen molar-refractivity contribution in [3.05, 3.63) is 57.6 Å². The van der Waals surface area contributed by atoms with E-state index in [2.05, 4.69) is 31.9 Å². The van der Waals surface area contributed by atoms with Crippen molar-refractivity contribution in [1.29, 1.82) is 0 Å². The molecule has 1 atom stereocenters. The highest BCUT2D eigenvalue weighted by molar-refractivity contribution is 9.10. The summed E-state index contributed by atoms with van der Waals surface area (Å²) >= 11 is 6.80. The van der Waals surface area contributed by atoms with Gasteiger partial charge in [-0.1, -0.05) is 22.0 Å². The van der Waals surface area contributed by atoms with E-state index in [0.717, 1.165) is 10.5 Å². The number of benzene rings is 2. The van der Waals surface area contributed by atoms with Crippen molar-refractivity contribution in [3.8, 4) is 11.5 Å². The molecule has 0 aliphatic heterocycles. The monoisotopic (exact) mass is 420 g/mol. The Balaban J connectivity index is 2.53. The molecular formula is C15H12Br2F2O2. The lowest BCUT2D eigenvalue weighted by Crippen LogP contribution is -2.01. The first-order chi connectivity index (χ1) is 9.97. The predicted molar refractivity (Wildman–Crippen MR) is 84.4 cm³/mol. The van der Waals surface area contributed by atoms with Crippen LogP contribution >= 0.6 is 31.9 Å². The second-order valence-corrected chi connectivity index (χ2v) is 6.03. The van der Waals surface area contributed by atoms with Gasteiger partial charge in [-0.3, -0.25) is 0 Å². The van der Waals surface area contributed by atoms with Crippen LogP contribution in [0.2, 0.25) is 0 Å². The minimum absolute atomic E-state index is 0.319. The molecule has 0 saturated carbocycles. The lowest BCUT2D eigenvalue weighted by molar-refractivity contribution is 0.397. The number of halogens is 4. The first-order valence-electron chi connectivity index (χ1n) is 5.98. The van der Waals surface area contributed by atoms with Crippen LogP contribution in [-0.2, 0) is 0 Å². The molecule has 0 aromatic heterocycles. The number of methoxy groups -OCH3 is 2. The van der Waals surface area contributed by atoms with Crippen molar-refractivity contribution in [3.63, 3.8) is 0 Å². The zero-order valence-electron chi connectivity index (χ0n) is 11.3. The Kier molecular flexibility index (Phi) is 5.22. The summed E-state index contributed by atoms with van der Waals surface area (Å²) in [4.78, 5) is -0.491. The summed E-state index contributed by atoms with van der Waals surface area (Å²) in [6, 6.07) is 6.95. The molecule has 0 N–H and O–H groups in total. The maximum Gasteiger partial charge on any atom is 0.133 e. The lowest BCUT2D eigenvalue weighted by Gasteiger charge is -2.17. The third-order valence-electron chi connectivity index (χ3n) is 3.01. The number of hydrogen-bond donors (Lipinski definition) is 0. The van der Waals surface area contributed by atoms with Crippen LogP contribution in [0.15, 0.2) is 34.8 Å². The van der Waals surface area contributed by atoms with Crippen molar-refractivity contribution in [2.24, 2.45) is 0 Å². The summed E-state index contributed by atoms with van der Waals surface area (Å²) in [5.74, 6) is -0.0804. The van der Waals surface area contributed by atoms with Gasteiger partial charge in [0.05, 0.1) is 23.5 Å². The van der Waals surface area contributed by atoms with Gasteiger partial charge in [0.2, 0.25) is 0 Å². The zero-order valence-corrected chi connectivity index (χ0v) is 14.5. The highest BCUT2D eigenvalue weighted by Crippen LogP contribution is 2.42. The predicted octanol–water partition coefficient (Wildman–Crippen LogP) is 5.23. The maximum absolute atomic E-state index is 13.9. The molecule has 2 aromatic carbocycles. The third kappa shape index (κ3) is 3.37. The van der Waals surface area contributed by atoms with Crippen molar-refractivity contribution in [1.82, 2.24) is 0 Å². The van der Waals surface area contributed by atoms with Gasteiger partial charge < -0.3 is 9.47 Å². The highest BCUT2D eigenvalue weighted by atomic mass is 79.9. The Morgan fingerprint density at radius 2 is 1.62 bits per heavy atom. The molecule has 0 amide bonds. The molecule has 0 heterocycles. The van der Waals surface area contributed by atoms with E-state index in [0.29, 0.717) is 22.6 Å². The Morgan fingerprint density at radius 3 is 2.19 bits per heavy atom. The average molecular weight is 422 g/mol. The molecular weight excluding hydrogens is 410 g/mol. The molecule has 0 aliphatic rings. The largest absolute Gasteiger partial charge is 0.496 e. The van der Waals surface area contributed by atoms with Gasteiger partial charge in [-0.25, -0.2) is 8.78 Å². The van der Waals surface area contributed by atoms with Crippen LogP contribution in [-0.4, -0.2) is 14.2 Å². The fourth-order valence-corrected chi connectivity index (χ4v) is 3.17. The minimum atomic E-state index is -0.624. The van der Waals surface area contributed by atoms with Crippen molar-refractivity contribution in [2.45, 2.75) is 4.83 Å². The van der Waals surface area contributed by atoms with Gasteiger partial charge >= 0.3 is 0 Å². The van der Waals surface area contributed by atoms with Crippen LogP contribution in [0.4, 0.5) is 8.78 Å². The van der Waals surface area contributed by atoms with Crippen LogP contribution < -0.4 is 9.47 Å². The normalized spacial score (nSPS) is 12.1. The topological polar surface area (TPSA) is 18.5 Å². The van der Waals surface area contributed by atoms with Gasteiger partial charge in [-0.2, -0.15) is 0 Å². The fourth-order valence-electron chi connectivity index (χ4n) is 1.96. The Bertz CT molecular complexity index is 662. The lowest BCUT2D eigenvalue weighted by atomic mass is 10.0. The molecule has 0 saturated heterocycles. The average Bonchev–Trinajstić information content (AvgIpc) is 2.46. The van der Waals surface area contributed by atoms with Crippen LogP contribution in [0.3, 0.4) is 0 Å². The molecule has 2 rings (SSSR count). The number of alkyl halides is 1. The summed E-state index contributed by atoms with van der Waals surface area (Å²) < 4.78 is 38.2.